The van der Waals surface area contributed by atoms with E-state index in [0.717, 1.165) is 6.07 Å². The molecule has 1 aromatic rings. The van der Waals surface area contributed by atoms with Crippen molar-refractivity contribution in [3.8, 4) is 0 Å². The zero-order valence-corrected chi connectivity index (χ0v) is 16.7. The van der Waals surface area contributed by atoms with Gasteiger partial charge in [-0.3, -0.25) is 4.79 Å². The van der Waals surface area contributed by atoms with Crippen LogP contribution in [0.2, 0.25) is 0 Å². The van der Waals surface area contributed by atoms with E-state index in [2.05, 4.69) is 0 Å². The number of carbonyl (C=O) groups excluding carboxylic acids is 1. The number of halogens is 3. The van der Waals surface area contributed by atoms with Crippen LogP contribution in [0.1, 0.15) is 38.7 Å². The summed E-state index contributed by atoms with van der Waals surface area (Å²) < 4.78 is 63.9. The molecule has 0 heterocycles. The van der Waals surface area contributed by atoms with Gasteiger partial charge in [-0.15, -0.1) is 0 Å². The third-order valence-corrected chi connectivity index (χ3v) is 4.99. The lowest BCUT2D eigenvalue weighted by atomic mass is 9.97. The molecule has 0 spiro atoms. The van der Waals surface area contributed by atoms with E-state index in [-0.39, 0.29) is 18.0 Å². The van der Waals surface area contributed by atoms with Crippen LogP contribution >= 0.6 is 0 Å². The summed E-state index contributed by atoms with van der Waals surface area (Å²) in [5.74, 6) is -3.68. The molecule has 0 bridgehead atoms. The first-order valence-electron chi connectivity index (χ1n) is 8.94. The molecular formula is C17H27F3N4O3S. The minimum Gasteiger partial charge on any atom is -0.339 e. The Morgan fingerprint density at radius 1 is 1.14 bits per heavy atom. The molecule has 1 aromatic carbocycles. The number of nitrogens with zero attached hydrogens (tertiary/aromatic N) is 1. The molecule has 7 nitrogen and oxygen atoms in total. The summed E-state index contributed by atoms with van der Waals surface area (Å²) in [5.41, 5.74) is 5.99. The van der Waals surface area contributed by atoms with Crippen LogP contribution in [0.25, 0.3) is 0 Å². The average molecular weight is 424 g/mol. The molecule has 0 radical (unpaired) electrons. The standard InChI is InChI=1S/C17H27F3N4O3S/c1-3-13(24(4-2)17(25)10-23-28(22,26)27)6-5-12(21)7-11-8-15(19)16(20)9-14(11)18/h8-9,12-13,23H,3-7,10,21H2,1-2H3,(H2,22,26,27)/t12-,13?/m0/s1. The first-order chi connectivity index (χ1) is 13.0. The van der Waals surface area contributed by atoms with Crippen molar-refractivity contribution < 1.29 is 26.4 Å². The Balaban J connectivity index is 2.68. The highest BCUT2D eigenvalue weighted by atomic mass is 32.2. The number of rotatable bonds is 11. The van der Waals surface area contributed by atoms with E-state index >= 15 is 0 Å². The fraction of sp³-hybridized carbons (Fsp3) is 0.588. The minimum atomic E-state index is -3.97. The number of hydrogen-bond acceptors (Lipinski definition) is 4. The van der Waals surface area contributed by atoms with E-state index in [4.69, 9.17) is 10.9 Å². The van der Waals surface area contributed by atoms with E-state index in [0.29, 0.717) is 31.9 Å². The first-order valence-corrected chi connectivity index (χ1v) is 10.5. The Morgan fingerprint density at radius 2 is 1.75 bits per heavy atom. The molecule has 0 aliphatic heterocycles. The van der Waals surface area contributed by atoms with E-state index < -0.39 is 46.2 Å². The molecule has 0 aromatic heterocycles. The minimum absolute atomic E-state index is 0.0137. The number of benzene rings is 1. The molecule has 28 heavy (non-hydrogen) atoms. The second-order valence-electron chi connectivity index (χ2n) is 6.51. The molecule has 2 atom stereocenters. The van der Waals surface area contributed by atoms with Gasteiger partial charge in [0.15, 0.2) is 11.6 Å². The number of nitrogens with one attached hydrogen (secondary N) is 1. The van der Waals surface area contributed by atoms with Gasteiger partial charge in [0.05, 0.1) is 6.54 Å². The molecule has 1 unspecified atom stereocenters. The normalized spacial score (nSPS) is 14.0. The third kappa shape index (κ3) is 7.74. The second-order valence-corrected chi connectivity index (χ2v) is 7.89. The smallest absolute Gasteiger partial charge is 0.274 e. The number of amides is 1. The zero-order chi connectivity index (χ0) is 21.5. The van der Waals surface area contributed by atoms with Crippen LogP contribution in [-0.4, -0.2) is 44.4 Å². The molecule has 160 valence electrons. The number of carbonyl (C=O) groups is 1. The first kappa shape index (κ1) is 24.3. The van der Waals surface area contributed by atoms with Crippen LogP contribution in [0.15, 0.2) is 12.1 Å². The molecular weight excluding hydrogens is 397 g/mol. The van der Waals surface area contributed by atoms with Crippen LogP contribution in [0.5, 0.6) is 0 Å². The number of hydrogen-bond donors (Lipinski definition) is 3. The van der Waals surface area contributed by atoms with E-state index in [1.165, 1.54) is 4.90 Å². The molecule has 11 heteroatoms. The molecule has 1 amide bonds. The quantitative estimate of drug-likeness (QED) is 0.462. The Morgan fingerprint density at radius 3 is 2.29 bits per heavy atom. The lowest BCUT2D eigenvalue weighted by molar-refractivity contribution is -0.132. The Bertz CT molecular complexity index is 777. The van der Waals surface area contributed by atoms with Crippen molar-refractivity contribution in [1.29, 1.82) is 0 Å². The maximum Gasteiger partial charge on any atom is 0.274 e. The Hall–Kier alpha value is -1.69. The summed E-state index contributed by atoms with van der Waals surface area (Å²) in [6.07, 6.45) is 1.51. The van der Waals surface area contributed by atoms with E-state index in [1.807, 2.05) is 11.6 Å². The maximum atomic E-state index is 13.7. The fourth-order valence-electron chi connectivity index (χ4n) is 2.99. The molecule has 0 fully saturated rings. The number of nitrogens with two attached hydrogens (primary N) is 2. The molecule has 0 saturated heterocycles. The van der Waals surface area contributed by atoms with Crippen LogP contribution in [0, 0.1) is 17.5 Å². The van der Waals surface area contributed by atoms with Gasteiger partial charge < -0.3 is 10.6 Å². The van der Waals surface area contributed by atoms with Crippen molar-refractivity contribution in [1.82, 2.24) is 9.62 Å². The molecule has 0 aliphatic rings. The second kappa shape index (κ2) is 10.7. The summed E-state index contributed by atoms with van der Waals surface area (Å²) in [6, 6.07) is 0.551. The van der Waals surface area contributed by atoms with Crippen molar-refractivity contribution >= 4 is 16.1 Å². The highest BCUT2D eigenvalue weighted by Crippen LogP contribution is 2.18. The summed E-state index contributed by atoms with van der Waals surface area (Å²) in [6.45, 7) is 3.54. The maximum absolute atomic E-state index is 13.7. The summed E-state index contributed by atoms with van der Waals surface area (Å²) in [7, 11) is -3.97. The van der Waals surface area contributed by atoms with Crippen LogP contribution < -0.4 is 15.6 Å². The third-order valence-electron chi connectivity index (χ3n) is 4.44. The van der Waals surface area contributed by atoms with Crippen molar-refractivity contribution in [2.24, 2.45) is 10.9 Å². The highest BCUT2D eigenvalue weighted by molar-refractivity contribution is 7.87. The predicted octanol–water partition coefficient (Wildman–Crippen LogP) is 1.17. The average Bonchev–Trinajstić information content (AvgIpc) is 2.60. The Kier molecular flexibility index (Phi) is 9.34. The topological polar surface area (TPSA) is 119 Å². The lowest BCUT2D eigenvalue weighted by Crippen LogP contribution is -2.46. The van der Waals surface area contributed by atoms with Crippen LogP contribution in [0.3, 0.4) is 0 Å². The summed E-state index contributed by atoms with van der Waals surface area (Å²) >= 11 is 0. The predicted molar refractivity (Wildman–Crippen MR) is 99.8 cm³/mol. The van der Waals surface area contributed by atoms with Gasteiger partial charge in [-0.05, 0) is 44.2 Å². The van der Waals surface area contributed by atoms with E-state index in [1.54, 1.807) is 6.92 Å². The molecule has 0 aliphatic carbocycles. The SMILES string of the molecule is CCC(CC[C@H](N)Cc1cc(F)c(F)cc1F)N(CC)C(=O)CNS(N)(=O)=O. The van der Waals surface area contributed by atoms with Crippen LogP contribution in [-0.2, 0) is 21.4 Å². The molecule has 5 N–H and O–H groups in total. The van der Waals surface area contributed by atoms with Gasteiger partial charge in [0.2, 0.25) is 5.91 Å². The van der Waals surface area contributed by atoms with Gasteiger partial charge in [-0.25, -0.2) is 18.3 Å². The van der Waals surface area contributed by atoms with Crippen molar-refractivity contribution in [3.63, 3.8) is 0 Å². The van der Waals surface area contributed by atoms with Gasteiger partial charge in [-0.2, -0.15) is 13.1 Å². The zero-order valence-electron chi connectivity index (χ0n) is 15.9. The largest absolute Gasteiger partial charge is 0.339 e. The molecule has 0 saturated carbocycles. The van der Waals surface area contributed by atoms with Crippen molar-refractivity contribution in [2.45, 2.75) is 51.6 Å². The highest BCUT2D eigenvalue weighted by Gasteiger charge is 2.22. The van der Waals surface area contributed by atoms with Crippen LogP contribution in [0.4, 0.5) is 13.2 Å². The molecule has 1 rings (SSSR count). The van der Waals surface area contributed by atoms with Crippen molar-refractivity contribution in [3.05, 3.63) is 35.1 Å². The van der Waals surface area contributed by atoms with Crippen molar-refractivity contribution in [2.75, 3.05) is 13.1 Å². The Labute approximate surface area is 163 Å². The monoisotopic (exact) mass is 424 g/mol. The van der Waals surface area contributed by atoms with Gasteiger partial charge in [0, 0.05) is 24.7 Å². The number of likely N-dealkylation sites (N-methyl/N-ethyl adjacent to an activating group) is 1. The van der Waals surface area contributed by atoms with Gasteiger partial charge in [-0.1, -0.05) is 6.92 Å². The van der Waals surface area contributed by atoms with Gasteiger partial charge in [0.25, 0.3) is 10.2 Å². The fourth-order valence-corrected chi connectivity index (χ4v) is 3.32. The lowest BCUT2D eigenvalue weighted by Gasteiger charge is -2.31. The van der Waals surface area contributed by atoms with Gasteiger partial charge in [0.1, 0.15) is 5.82 Å². The van der Waals surface area contributed by atoms with E-state index in [9.17, 15) is 26.4 Å². The summed E-state index contributed by atoms with van der Waals surface area (Å²) in [4.78, 5) is 13.8. The van der Waals surface area contributed by atoms with Gasteiger partial charge >= 0.3 is 0 Å². The summed E-state index contributed by atoms with van der Waals surface area (Å²) in [5, 5.41) is 4.83.